The summed E-state index contributed by atoms with van der Waals surface area (Å²) in [6, 6.07) is 2.38. The van der Waals surface area contributed by atoms with Crippen LogP contribution in [-0.2, 0) is 6.54 Å². The van der Waals surface area contributed by atoms with E-state index in [1.54, 1.807) is 6.07 Å². The van der Waals surface area contributed by atoms with Gasteiger partial charge in [0.25, 0.3) is 0 Å². The minimum atomic E-state index is -0.973. The number of aromatic carboxylic acids is 1. The van der Waals surface area contributed by atoms with Gasteiger partial charge in [0.1, 0.15) is 0 Å². The Kier molecular flexibility index (Phi) is 4.42. The molecule has 100 valence electrons. The first kappa shape index (κ1) is 13.1. The van der Waals surface area contributed by atoms with Crippen molar-refractivity contribution in [1.82, 2.24) is 4.90 Å². The zero-order valence-electron chi connectivity index (χ0n) is 10.9. The molecule has 1 N–H and O–H groups in total. The molecule has 2 heterocycles. The summed E-state index contributed by atoms with van der Waals surface area (Å²) in [6.07, 6.45) is 7.57. The predicted molar refractivity (Wildman–Crippen MR) is 68.6 cm³/mol. The lowest BCUT2D eigenvalue weighted by molar-refractivity contribution is 0.0655. The van der Waals surface area contributed by atoms with E-state index in [9.17, 15) is 4.79 Å². The van der Waals surface area contributed by atoms with Crippen LogP contribution in [0.4, 0.5) is 0 Å². The molecule has 4 heteroatoms. The second-order valence-corrected chi connectivity index (χ2v) is 4.99. The predicted octanol–water partition coefficient (Wildman–Crippen LogP) is 3.13. The summed E-state index contributed by atoms with van der Waals surface area (Å²) in [7, 11) is 0. The molecule has 4 nitrogen and oxygen atoms in total. The van der Waals surface area contributed by atoms with E-state index in [2.05, 4.69) is 11.8 Å². The summed E-state index contributed by atoms with van der Waals surface area (Å²) < 4.78 is 5.04. The fraction of sp³-hybridized carbons (Fsp3) is 0.643. The summed E-state index contributed by atoms with van der Waals surface area (Å²) in [5.41, 5.74) is 0.797. The molecule has 2 rings (SSSR count). The highest BCUT2D eigenvalue weighted by atomic mass is 16.4. The largest absolute Gasteiger partial charge is 0.475 e. The highest BCUT2D eigenvalue weighted by Gasteiger charge is 2.24. The van der Waals surface area contributed by atoms with Gasteiger partial charge in [-0.3, -0.25) is 4.90 Å². The van der Waals surface area contributed by atoms with Gasteiger partial charge in [-0.2, -0.15) is 0 Å². The molecule has 1 aliphatic rings. The van der Waals surface area contributed by atoms with Crippen LogP contribution in [0.1, 0.15) is 55.1 Å². The molecule has 1 aromatic rings. The average Bonchev–Trinajstić information content (AvgIpc) is 2.80. The van der Waals surface area contributed by atoms with E-state index >= 15 is 0 Å². The Balaban J connectivity index is 2.06. The second kappa shape index (κ2) is 6.05. The molecule has 0 saturated carbocycles. The van der Waals surface area contributed by atoms with E-state index in [-0.39, 0.29) is 5.76 Å². The molecule has 0 radical (unpaired) electrons. The molecule has 0 spiro atoms. The maximum Gasteiger partial charge on any atom is 0.372 e. The summed E-state index contributed by atoms with van der Waals surface area (Å²) >= 11 is 0. The van der Waals surface area contributed by atoms with Crippen LogP contribution < -0.4 is 0 Å². The smallest absolute Gasteiger partial charge is 0.372 e. The topological polar surface area (TPSA) is 53.7 Å². The third-order valence-corrected chi connectivity index (χ3v) is 3.69. The number of carboxylic acid groups (broad SMARTS) is 1. The van der Waals surface area contributed by atoms with E-state index in [0.29, 0.717) is 12.6 Å². The fourth-order valence-electron chi connectivity index (χ4n) is 2.79. The van der Waals surface area contributed by atoms with E-state index in [4.69, 9.17) is 9.52 Å². The highest BCUT2D eigenvalue weighted by molar-refractivity contribution is 5.86. The van der Waals surface area contributed by atoms with E-state index in [1.807, 2.05) is 0 Å². The SMILES string of the molecule is CCCC1CCCCN1Cc1ccoc1C(=O)O. The van der Waals surface area contributed by atoms with Gasteiger partial charge in [-0.05, 0) is 31.9 Å². The number of carboxylic acids is 1. The van der Waals surface area contributed by atoms with Crippen molar-refractivity contribution < 1.29 is 14.3 Å². The highest BCUT2D eigenvalue weighted by Crippen LogP contribution is 2.24. The van der Waals surface area contributed by atoms with Crippen LogP contribution in [0, 0.1) is 0 Å². The first-order valence-corrected chi connectivity index (χ1v) is 6.76. The van der Waals surface area contributed by atoms with E-state index in [1.165, 1.54) is 38.4 Å². The molecule has 0 amide bonds. The van der Waals surface area contributed by atoms with Gasteiger partial charge in [0.05, 0.1) is 6.26 Å². The summed E-state index contributed by atoms with van der Waals surface area (Å²) in [5, 5.41) is 9.04. The molecular formula is C14H21NO3. The molecule has 18 heavy (non-hydrogen) atoms. The number of nitrogens with zero attached hydrogens (tertiary/aromatic N) is 1. The van der Waals surface area contributed by atoms with Gasteiger partial charge >= 0.3 is 5.97 Å². The van der Waals surface area contributed by atoms with Crippen LogP contribution in [0.5, 0.6) is 0 Å². The maximum atomic E-state index is 11.0. The zero-order chi connectivity index (χ0) is 13.0. The summed E-state index contributed by atoms with van der Waals surface area (Å²) in [6.45, 7) is 3.96. The first-order chi connectivity index (χ1) is 8.72. The molecular weight excluding hydrogens is 230 g/mol. The molecule has 1 aliphatic heterocycles. The molecule has 0 aromatic carbocycles. The van der Waals surface area contributed by atoms with Crippen molar-refractivity contribution in [2.75, 3.05) is 6.54 Å². The van der Waals surface area contributed by atoms with Crippen LogP contribution >= 0.6 is 0 Å². The van der Waals surface area contributed by atoms with Gasteiger partial charge in [-0.15, -0.1) is 0 Å². The van der Waals surface area contributed by atoms with Crippen molar-refractivity contribution in [1.29, 1.82) is 0 Å². The molecule has 0 bridgehead atoms. The van der Waals surface area contributed by atoms with Crippen LogP contribution in [0.2, 0.25) is 0 Å². The standard InChI is InChI=1S/C14H21NO3/c1-2-5-12-6-3-4-8-15(12)10-11-7-9-18-13(11)14(16)17/h7,9,12H,2-6,8,10H2,1H3,(H,16,17). The lowest BCUT2D eigenvalue weighted by Crippen LogP contribution is -2.38. The third kappa shape index (κ3) is 2.93. The Bertz CT molecular complexity index is 397. The van der Waals surface area contributed by atoms with Crippen LogP contribution in [0.25, 0.3) is 0 Å². The van der Waals surface area contributed by atoms with Gasteiger partial charge in [0.2, 0.25) is 5.76 Å². The minimum absolute atomic E-state index is 0.0934. The minimum Gasteiger partial charge on any atom is -0.475 e. The normalized spacial score (nSPS) is 21.1. The first-order valence-electron chi connectivity index (χ1n) is 6.76. The van der Waals surface area contributed by atoms with Crippen molar-refractivity contribution in [3.8, 4) is 0 Å². The average molecular weight is 251 g/mol. The van der Waals surface area contributed by atoms with Crippen molar-refractivity contribution in [3.05, 3.63) is 23.7 Å². The second-order valence-electron chi connectivity index (χ2n) is 4.99. The number of hydrogen-bond donors (Lipinski definition) is 1. The number of carbonyl (C=O) groups is 1. The Morgan fingerprint density at radius 2 is 2.39 bits per heavy atom. The molecule has 1 unspecified atom stereocenters. The van der Waals surface area contributed by atoms with Crippen LogP contribution in [0.15, 0.2) is 16.7 Å². The monoisotopic (exact) mass is 251 g/mol. The van der Waals surface area contributed by atoms with E-state index in [0.717, 1.165) is 12.1 Å². The van der Waals surface area contributed by atoms with E-state index < -0.39 is 5.97 Å². The number of furan rings is 1. The lowest BCUT2D eigenvalue weighted by Gasteiger charge is -2.35. The zero-order valence-corrected chi connectivity index (χ0v) is 10.9. The van der Waals surface area contributed by atoms with Crippen molar-refractivity contribution in [2.24, 2.45) is 0 Å². The number of hydrogen-bond acceptors (Lipinski definition) is 3. The molecule has 0 aliphatic carbocycles. The Morgan fingerprint density at radius 1 is 1.56 bits per heavy atom. The Morgan fingerprint density at radius 3 is 3.11 bits per heavy atom. The van der Waals surface area contributed by atoms with Crippen LogP contribution in [-0.4, -0.2) is 28.6 Å². The Hall–Kier alpha value is -1.29. The summed E-state index contributed by atoms with van der Waals surface area (Å²) in [4.78, 5) is 13.4. The molecule has 1 saturated heterocycles. The van der Waals surface area contributed by atoms with Gasteiger partial charge in [-0.25, -0.2) is 4.79 Å². The quantitative estimate of drug-likeness (QED) is 0.873. The Labute approximate surface area is 108 Å². The van der Waals surface area contributed by atoms with Gasteiger partial charge in [-0.1, -0.05) is 19.8 Å². The fourth-order valence-corrected chi connectivity index (χ4v) is 2.79. The van der Waals surface area contributed by atoms with Crippen LogP contribution in [0.3, 0.4) is 0 Å². The van der Waals surface area contributed by atoms with Gasteiger partial charge in [0.15, 0.2) is 0 Å². The van der Waals surface area contributed by atoms with Gasteiger partial charge < -0.3 is 9.52 Å². The lowest BCUT2D eigenvalue weighted by atomic mass is 9.97. The van der Waals surface area contributed by atoms with Gasteiger partial charge in [0, 0.05) is 18.2 Å². The number of rotatable bonds is 5. The van der Waals surface area contributed by atoms with Crippen molar-refractivity contribution in [3.63, 3.8) is 0 Å². The molecule has 1 aromatic heterocycles. The van der Waals surface area contributed by atoms with Crippen molar-refractivity contribution in [2.45, 2.75) is 51.6 Å². The van der Waals surface area contributed by atoms with Crippen molar-refractivity contribution >= 4 is 5.97 Å². The molecule has 1 fully saturated rings. The summed E-state index contributed by atoms with van der Waals surface area (Å²) in [5.74, 6) is -0.880. The maximum absolute atomic E-state index is 11.0. The molecule has 1 atom stereocenters. The number of piperidine rings is 1. The third-order valence-electron chi connectivity index (χ3n) is 3.69. The number of likely N-dealkylation sites (tertiary alicyclic amines) is 1.